The van der Waals surface area contributed by atoms with E-state index in [1.165, 1.54) is 0 Å². The van der Waals surface area contributed by atoms with Crippen LogP contribution in [0.25, 0.3) is 5.69 Å². The minimum Gasteiger partial charge on any atom is -0.339 e. The van der Waals surface area contributed by atoms with Crippen molar-refractivity contribution in [3.05, 3.63) is 83.9 Å². The zero-order valence-electron chi connectivity index (χ0n) is 15.7. The summed E-state index contributed by atoms with van der Waals surface area (Å²) in [4.78, 5) is 31.2. The van der Waals surface area contributed by atoms with Gasteiger partial charge in [0, 0.05) is 37.4 Å². The Bertz CT molecular complexity index is 1070. The lowest BCUT2D eigenvalue weighted by atomic mass is 10.1. The molecule has 144 valence electrons. The second-order valence-electron chi connectivity index (χ2n) is 6.87. The number of nitrogens with one attached hydrogen (secondary N) is 1. The Labute approximate surface area is 168 Å². The maximum Gasteiger partial charge on any atom is 0.270 e. The number of pyridine rings is 1. The van der Waals surface area contributed by atoms with Gasteiger partial charge in [-0.3, -0.25) is 14.6 Å². The maximum atomic E-state index is 12.7. The molecule has 0 aliphatic carbocycles. The summed E-state index contributed by atoms with van der Waals surface area (Å²) in [6.45, 7) is 1.03. The molecule has 1 N–H and O–H groups in total. The number of amides is 2. The van der Waals surface area contributed by atoms with Crippen LogP contribution in [-0.4, -0.2) is 38.9 Å². The van der Waals surface area contributed by atoms with E-state index in [1.807, 2.05) is 47.3 Å². The van der Waals surface area contributed by atoms with Gasteiger partial charge in [-0.2, -0.15) is 5.26 Å². The van der Waals surface area contributed by atoms with Crippen LogP contribution in [0.4, 0.5) is 0 Å². The van der Waals surface area contributed by atoms with Crippen molar-refractivity contribution >= 4 is 11.8 Å². The van der Waals surface area contributed by atoms with E-state index >= 15 is 0 Å². The SMILES string of the molecule is N#Cc1ccc(CN2CCC(NC(=O)c3cc(-n4cccc4)ccn3)C2=O)cc1. The summed E-state index contributed by atoms with van der Waals surface area (Å²) in [5.74, 6) is -0.471. The Morgan fingerprint density at radius 2 is 1.97 bits per heavy atom. The van der Waals surface area contributed by atoms with Crippen LogP contribution in [0, 0.1) is 11.3 Å². The highest BCUT2D eigenvalue weighted by Gasteiger charge is 2.33. The molecule has 1 unspecified atom stereocenters. The first-order valence-corrected chi connectivity index (χ1v) is 9.32. The third kappa shape index (κ3) is 4.01. The maximum absolute atomic E-state index is 12.7. The number of hydrogen-bond donors (Lipinski definition) is 1. The van der Waals surface area contributed by atoms with E-state index in [-0.39, 0.29) is 17.5 Å². The Morgan fingerprint density at radius 3 is 2.69 bits per heavy atom. The van der Waals surface area contributed by atoms with Crippen LogP contribution in [0.15, 0.2) is 67.1 Å². The van der Waals surface area contributed by atoms with Crippen molar-refractivity contribution in [1.29, 1.82) is 5.26 Å². The molecule has 0 spiro atoms. The molecular formula is C22H19N5O2. The third-order valence-corrected chi connectivity index (χ3v) is 4.94. The van der Waals surface area contributed by atoms with Gasteiger partial charge in [-0.15, -0.1) is 0 Å². The monoisotopic (exact) mass is 385 g/mol. The number of benzene rings is 1. The summed E-state index contributed by atoms with van der Waals surface area (Å²) < 4.78 is 1.89. The zero-order chi connectivity index (χ0) is 20.2. The lowest BCUT2D eigenvalue weighted by Gasteiger charge is -2.17. The van der Waals surface area contributed by atoms with Gasteiger partial charge in [0.05, 0.1) is 11.6 Å². The summed E-state index contributed by atoms with van der Waals surface area (Å²) in [5.41, 5.74) is 2.64. The van der Waals surface area contributed by atoms with E-state index in [9.17, 15) is 9.59 Å². The molecule has 7 nitrogen and oxygen atoms in total. The number of carbonyl (C=O) groups is 2. The van der Waals surface area contributed by atoms with Crippen LogP contribution >= 0.6 is 0 Å². The van der Waals surface area contributed by atoms with Crippen molar-refractivity contribution in [3.63, 3.8) is 0 Å². The van der Waals surface area contributed by atoms with Crippen molar-refractivity contribution in [3.8, 4) is 11.8 Å². The second-order valence-corrected chi connectivity index (χ2v) is 6.87. The summed E-state index contributed by atoms with van der Waals surface area (Å²) in [5, 5.41) is 11.7. The topological polar surface area (TPSA) is 91.0 Å². The molecule has 3 aromatic rings. The van der Waals surface area contributed by atoms with Crippen molar-refractivity contribution in [2.24, 2.45) is 0 Å². The first kappa shape index (κ1) is 18.4. The van der Waals surface area contributed by atoms with Gasteiger partial charge >= 0.3 is 0 Å². The van der Waals surface area contributed by atoms with Gasteiger partial charge in [0.25, 0.3) is 5.91 Å². The molecule has 0 bridgehead atoms. The van der Waals surface area contributed by atoms with Gasteiger partial charge in [-0.1, -0.05) is 12.1 Å². The molecule has 2 amide bonds. The molecule has 0 radical (unpaired) electrons. The highest BCUT2D eigenvalue weighted by atomic mass is 16.2. The number of nitriles is 1. The largest absolute Gasteiger partial charge is 0.339 e. The standard InChI is InChI=1S/C22H19N5O2/c23-14-16-3-5-17(6-4-16)15-27-12-8-19(22(27)29)25-21(28)20-13-18(7-9-24-20)26-10-1-2-11-26/h1-7,9-11,13,19H,8,12,15H2,(H,25,28). The number of likely N-dealkylation sites (tertiary alicyclic amines) is 1. The molecule has 1 atom stereocenters. The minimum absolute atomic E-state index is 0.107. The molecule has 2 aromatic heterocycles. The van der Waals surface area contributed by atoms with Crippen molar-refractivity contribution in [2.45, 2.75) is 19.0 Å². The fourth-order valence-corrected chi connectivity index (χ4v) is 3.38. The fraction of sp³-hybridized carbons (Fsp3) is 0.182. The van der Waals surface area contributed by atoms with E-state index in [0.717, 1.165) is 11.3 Å². The number of rotatable bonds is 5. The van der Waals surface area contributed by atoms with Gasteiger partial charge in [0.15, 0.2) is 0 Å². The number of nitrogens with zero attached hydrogens (tertiary/aromatic N) is 4. The van der Waals surface area contributed by atoms with Gasteiger partial charge in [0.1, 0.15) is 11.7 Å². The molecule has 1 aliphatic rings. The molecule has 7 heteroatoms. The summed E-state index contributed by atoms with van der Waals surface area (Å²) >= 11 is 0. The van der Waals surface area contributed by atoms with Gasteiger partial charge in [0.2, 0.25) is 5.91 Å². The lowest BCUT2D eigenvalue weighted by molar-refractivity contribution is -0.129. The minimum atomic E-state index is -0.557. The molecular weight excluding hydrogens is 366 g/mol. The predicted octanol–water partition coefficient (Wildman–Crippen LogP) is 2.27. The van der Waals surface area contributed by atoms with Crippen LogP contribution in [0.2, 0.25) is 0 Å². The van der Waals surface area contributed by atoms with Crippen molar-refractivity contribution in [2.75, 3.05) is 6.54 Å². The molecule has 4 rings (SSSR count). The average Bonchev–Trinajstić information content (AvgIpc) is 3.41. The summed E-state index contributed by atoms with van der Waals surface area (Å²) in [6.07, 6.45) is 5.91. The second kappa shape index (κ2) is 7.98. The molecule has 0 saturated carbocycles. The van der Waals surface area contributed by atoms with E-state index in [2.05, 4.69) is 16.4 Å². The Hall–Kier alpha value is -3.92. The van der Waals surface area contributed by atoms with E-state index in [0.29, 0.717) is 25.1 Å². The molecule has 29 heavy (non-hydrogen) atoms. The number of aromatic nitrogens is 2. The van der Waals surface area contributed by atoms with Crippen molar-refractivity contribution < 1.29 is 9.59 Å². The van der Waals surface area contributed by atoms with Gasteiger partial charge in [-0.25, -0.2) is 0 Å². The fourth-order valence-electron chi connectivity index (χ4n) is 3.38. The molecule has 1 saturated heterocycles. The van der Waals surface area contributed by atoms with E-state index in [1.54, 1.807) is 29.3 Å². The molecule has 1 fully saturated rings. The van der Waals surface area contributed by atoms with Gasteiger partial charge < -0.3 is 14.8 Å². The number of carbonyl (C=O) groups excluding carboxylic acids is 2. The quantitative estimate of drug-likeness (QED) is 0.729. The zero-order valence-corrected chi connectivity index (χ0v) is 15.7. The Balaban J connectivity index is 1.40. The summed E-state index contributed by atoms with van der Waals surface area (Å²) in [7, 11) is 0. The van der Waals surface area contributed by atoms with Crippen LogP contribution in [0.1, 0.15) is 28.0 Å². The first-order valence-electron chi connectivity index (χ1n) is 9.32. The van der Waals surface area contributed by atoms with Crippen LogP contribution in [0.5, 0.6) is 0 Å². The molecule has 3 heterocycles. The van der Waals surface area contributed by atoms with E-state index in [4.69, 9.17) is 5.26 Å². The molecule has 1 aliphatic heterocycles. The van der Waals surface area contributed by atoms with Crippen LogP contribution in [0.3, 0.4) is 0 Å². The highest BCUT2D eigenvalue weighted by molar-refractivity contribution is 5.97. The van der Waals surface area contributed by atoms with E-state index < -0.39 is 6.04 Å². The number of hydrogen-bond acceptors (Lipinski definition) is 4. The highest BCUT2D eigenvalue weighted by Crippen LogP contribution is 2.17. The van der Waals surface area contributed by atoms with Crippen LogP contribution < -0.4 is 5.32 Å². The smallest absolute Gasteiger partial charge is 0.270 e. The summed E-state index contributed by atoms with van der Waals surface area (Å²) in [6, 6.07) is 16.0. The normalized spacial score (nSPS) is 15.9. The van der Waals surface area contributed by atoms with Crippen molar-refractivity contribution in [1.82, 2.24) is 19.8 Å². The Morgan fingerprint density at radius 1 is 1.21 bits per heavy atom. The average molecular weight is 385 g/mol. The van der Waals surface area contributed by atoms with Gasteiger partial charge in [-0.05, 0) is 48.4 Å². The van der Waals surface area contributed by atoms with Crippen LogP contribution in [-0.2, 0) is 11.3 Å². The molecule has 1 aromatic carbocycles. The lowest BCUT2D eigenvalue weighted by Crippen LogP contribution is -2.41. The third-order valence-electron chi connectivity index (χ3n) is 4.94. The predicted molar refractivity (Wildman–Crippen MR) is 106 cm³/mol. The Kier molecular flexibility index (Phi) is 5.08. The first-order chi connectivity index (χ1) is 14.1.